The van der Waals surface area contributed by atoms with Crippen LogP contribution in [0.4, 0.5) is 0 Å². The fourth-order valence-electron chi connectivity index (χ4n) is 1.74. The summed E-state index contributed by atoms with van der Waals surface area (Å²) in [6.07, 6.45) is 0. The first-order valence-corrected chi connectivity index (χ1v) is 6.82. The van der Waals surface area contributed by atoms with E-state index >= 15 is 0 Å². The van der Waals surface area contributed by atoms with E-state index in [9.17, 15) is 0 Å². The highest BCUT2D eigenvalue weighted by Gasteiger charge is 2.01. The topological polar surface area (TPSA) is 0 Å². The second-order valence-electron chi connectivity index (χ2n) is 4.09. The maximum absolute atomic E-state index is 2.25. The van der Waals surface area contributed by atoms with Crippen LogP contribution in [0.2, 0.25) is 0 Å². The molecule has 0 aromatic heterocycles. The lowest BCUT2D eigenvalue weighted by atomic mass is 10.1. The minimum atomic E-state index is 0.877. The van der Waals surface area contributed by atoms with E-state index in [4.69, 9.17) is 0 Å². The predicted octanol–water partition coefficient (Wildman–Crippen LogP) is 2.83. The standard InChI is InChI=1S/C15H16Si/c1-12-7-6-10-15(13(12)2)16-11-14-8-4-3-5-9-14/h3-10H,11H2,1-2H3. The molecule has 0 aliphatic heterocycles. The molecule has 2 radical (unpaired) electrons. The molecule has 2 rings (SSSR count). The van der Waals surface area contributed by atoms with Gasteiger partial charge in [0.1, 0.15) is 0 Å². The second kappa shape index (κ2) is 5.13. The van der Waals surface area contributed by atoms with Crippen molar-refractivity contribution in [1.82, 2.24) is 0 Å². The van der Waals surface area contributed by atoms with Gasteiger partial charge < -0.3 is 0 Å². The lowest BCUT2D eigenvalue weighted by Gasteiger charge is -2.07. The van der Waals surface area contributed by atoms with Gasteiger partial charge in [0, 0.05) is 0 Å². The van der Waals surface area contributed by atoms with Gasteiger partial charge in [-0.3, -0.25) is 0 Å². The molecule has 0 unspecified atom stereocenters. The number of aryl methyl sites for hydroxylation is 1. The summed E-state index contributed by atoms with van der Waals surface area (Å²) >= 11 is 0. The van der Waals surface area contributed by atoms with Crippen molar-refractivity contribution in [2.24, 2.45) is 0 Å². The van der Waals surface area contributed by atoms with Crippen molar-refractivity contribution >= 4 is 14.7 Å². The van der Waals surface area contributed by atoms with Crippen LogP contribution in [-0.2, 0) is 6.04 Å². The Morgan fingerprint density at radius 3 is 2.38 bits per heavy atom. The van der Waals surface area contributed by atoms with E-state index in [0.717, 1.165) is 15.6 Å². The summed E-state index contributed by atoms with van der Waals surface area (Å²) in [7, 11) is 0.877. The zero-order valence-electron chi connectivity index (χ0n) is 9.83. The van der Waals surface area contributed by atoms with Crippen LogP contribution < -0.4 is 5.19 Å². The largest absolute Gasteiger partial charge is 0.0859 e. The first kappa shape index (κ1) is 11.2. The van der Waals surface area contributed by atoms with Crippen molar-refractivity contribution in [3.8, 4) is 0 Å². The van der Waals surface area contributed by atoms with Gasteiger partial charge in [0.05, 0.1) is 9.52 Å². The lowest BCUT2D eigenvalue weighted by molar-refractivity contribution is 1.35. The van der Waals surface area contributed by atoms with Crippen LogP contribution in [0.15, 0.2) is 48.5 Å². The molecule has 2 aromatic rings. The molecule has 0 aliphatic rings. The van der Waals surface area contributed by atoms with Gasteiger partial charge in [-0.25, -0.2) is 0 Å². The summed E-state index contributed by atoms with van der Waals surface area (Å²) in [4.78, 5) is 0. The number of hydrogen-bond acceptors (Lipinski definition) is 0. The summed E-state index contributed by atoms with van der Waals surface area (Å²) in [5, 5.41) is 1.50. The van der Waals surface area contributed by atoms with E-state index in [-0.39, 0.29) is 0 Å². The van der Waals surface area contributed by atoms with Crippen LogP contribution >= 0.6 is 0 Å². The number of rotatable bonds is 3. The fourth-order valence-corrected chi connectivity index (χ4v) is 3.04. The lowest BCUT2D eigenvalue weighted by Crippen LogP contribution is -2.20. The minimum absolute atomic E-state index is 0.877. The molecular weight excluding hydrogens is 208 g/mol. The first-order chi connectivity index (χ1) is 7.77. The highest BCUT2D eigenvalue weighted by atomic mass is 28.2. The molecule has 0 fully saturated rings. The molecule has 0 nitrogen and oxygen atoms in total. The van der Waals surface area contributed by atoms with Crippen molar-refractivity contribution in [2.45, 2.75) is 19.9 Å². The second-order valence-corrected chi connectivity index (χ2v) is 5.33. The van der Waals surface area contributed by atoms with E-state index in [0.29, 0.717) is 0 Å². The van der Waals surface area contributed by atoms with Crippen LogP contribution in [0.5, 0.6) is 0 Å². The van der Waals surface area contributed by atoms with Crippen molar-refractivity contribution in [2.75, 3.05) is 0 Å². The van der Waals surface area contributed by atoms with Gasteiger partial charge in [-0.15, -0.1) is 0 Å². The zero-order valence-corrected chi connectivity index (χ0v) is 10.8. The molecule has 1 heteroatoms. The zero-order chi connectivity index (χ0) is 11.4. The van der Waals surface area contributed by atoms with Gasteiger partial charge in [-0.05, 0) is 31.0 Å². The normalized spacial score (nSPS) is 10.4. The third-order valence-corrected chi connectivity index (χ3v) is 4.44. The molecule has 0 spiro atoms. The van der Waals surface area contributed by atoms with Gasteiger partial charge in [0.2, 0.25) is 0 Å². The van der Waals surface area contributed by atoms with Crippen molar-refractivity contribution < 1.29 is 0 Å². The molecule has 0 atom stereocenters. The van der Waals surface area contributed by atoms with Crippen molar-refractivity contribution in [3.63, 3.8) is 0 Å². The van der Waals surface area contributed by atoms with Crippen LogP contribution in [0.25, 0.3) is 0 Å². The van der Waals surface area contributed by atoms with E-state index < -0.39 is 0 Å². The Morgan fingerprint density at radius 1 is 0.875 bits per heavy atom. The molecule has 0 saturated carbocycles. The van der Waals surface area contributed by atoms with E-state index in [2.05, 4.69) is 62.4 Å². The van der Waals surface area contributed by atoms with E-state index in [1.54, 1.807) is 0 Å². The molecular formula is C15H16Si. The van der Waals surface area contributed by atoms with Gasteiger partial charge in [-0.2, -0.15) is 0 Å². The van der Waals surface area contributed by atoms with Crippen LogP contribution in [0.1, 0.15) is 16.7 Å². The Kier molecular flexibility index (Phi) is 3.57. The molecule has 0 aliphatic carbocycles. The van der Waals surface area contributed by atoms with Gasteiger partial charge in [-0.1, -0.05) is 59.3 Å². The van der Waals surface area contributed by atoms with Crippen LogP contribution in [-0.4, -0.2) is 9.52 Å². The summed E-state index contributed by atoms with van der Waals surface area (Å²) in [5.41, 5.74) is 4.29. The Labute approximate surface area is 100 Å². The first-order valence-electron chi connectivity index (χ1n) is 5.61. The van der Waals surface area contributed by atoms with Crippen molar-refractivity contribution in [1.29, 1.82) is 0 Å². The van der Waals surface area contributed by atoms with Crippen molar-refractivity contribution in [3.05, 3.63) is 65.2 Å². The smallest absolute Gasteiger partial charge is 0.0633 e. The third kappa shape index (κ3) is 2.61. The van der Waals surface area contributed by atoms with Crippen LogP contribution in [0, 0.1) is 13.8 Å². The summed E-state index contributed by atoms with van der Waals surface area (Å²) in [5.74, 6) is 0. The average Bonchev–Trinajstić information content (AvgIpc) is 2.32. The SMILES string of the molecule is Cc1cccc([Si]Cc2ccccc2)c1C. The fraction of sp³-hybridized carbons (Fsp3) is 0.200. The predicted molar refractivity (Wildman–Crippen MR) is 71.5 cm³/mol. The highest BCUT2D eigenvalue weighted by molar-refractivity contribution is 6.53. The maximum Gasteiger partial charge on any atom is 0.0859 e. The minimum Gasteiger partial charge on any atom is -0.0633 e. The Bertz CT molecular complexity index is 460. The Morgan fingerprint density at radius 2 is 1.62 bits per heavy atom. The maximum atomic E-state index is 2.25. The Hall–Kier alpha value is -1.34. The summed E-state index contributed by atoms with van der Waals surface area (Å²) in [6.45, 7) is 4.41. The molecule has 0 bridgehead atoms. The Balaban J connectivity index is 2.08. The van der Waals surface area contributed by atoms with Gasteiger partial charge >= 0.3 is 0 Å². The monoisotopic (exact) mass is 224 g/mol. The van der Waals surface area contributed by atoms with E-state index in [1.165, 1.54) is 21.9 Å². The van der Waals surface area contributed by atoms with Gasteiger partial charge in [0.25, 0.3) is 0 Å². The van der Waals surface area contributed by atoms with Gasteiger partial charge in [0.15, 0.2) is 0 Å². The summed E-state index contributed by atoms with van der Waals surface area (Å²) in [6, 6.07) is 18.5. The summed E-state index contributed by atoms with van der Waals surface area (Å²) < 4.78 is 0. The highest BCUT2D eigenvalue weighted by Crippen LogP contribution is 2.04. The quantitative estimate of drug-likeness (QED) is 0.703. The molecule has 80 valence electrons. The molecule has 0 heterocycles. The molecule has 0 amide bonds. The average molecular weight is 224 g/mol. The van der Waals surface area contributed by atoms with E-state index in [1.807, 2.05) is 0 Å². The van der Waals surface area contributed by atoms with Crippen LogP contribution in [0.3, 0.4) is 0 Å². The molecule has 2 aromatic carbocycles. The molecule has 0 saturated heterocycles. The number of hydrogen-bond donors (Lipinski definition) is 0. The molecule has 0 N–H and O–H groups in total. The third-order valence-electron chi connectivity index (χ3n) is 2.93. The number of benzene rings is 2. The molecule has 16 heavy (non-hydrogen) atoms.